The van der Waals surface area contributed by atoms with Gasteiger partial charge in [-0.25, -0.2) is 0 Å². The van der Waals surface area contributed by atoms with E-state index in [2.05, 4.69) is 32.7 Å². The first kappa shape index (κ1) is 29.8. The summed E-state index contributed by atoms with van der Waals surface area (Å²) < 4.78 is 5.50. The van der Waals surface area contributed by atoms with Gasteiger partial charge in [0, 0.05) is 50.8 Å². The van der Waals surface area contributed by atoms with Gasteiger partial charge in [0.25, 0.3) is 0 Å². The van der Waals surface area contributed by atoms with Gasteiger partial charge in [0.05, 0.1) is 18.4 Å². The molecule has 9 nitrogen and oxygen atoms in total. The summed E-state index contributed by atoms with van der Waals surface area (Å²) in [6, 6.07) is 0.541. The van der Waals surface area contributed by atoms with Gasteiger partial charge in [0.15, 0.2) is 0 Å². The molecule has 6 rings (SSSR count). The van der Waals surface area contributed by atoms with Crippen molar-refractivity contribution >= 4 is 11.8 Å². The molecule has 0 spiro atoms. The topological polar surface area (TPSA) is 112 Å². The predicted molar refractivity (Wildman–Crippen MR) is 159 cm³/mol. The highest BCUT2D eigenvalue weighted by molar-refractivity contribution is 5.82. The fraction of sp³-hybridized carbons (Fsp3) is 0.938. The van der Waals surface area contributed by atoms with E-state index < -0.39 is 12.0 Å². The van der Waals surface area contributed by atoms with Crippen LogP contribution in [-0.2, 0) is 14.3 Å². The summed E-state index contributed by atoms with van der Waals surface area (Å²) in [4.78, 5) is 30.4. The highest BCUT2D eigenvalue weighted by Crippen LogP contribution is 2.44. The average Bonchev–Trinajstić information content (AvgIpc) is 3.77. The first-order chi connectivity index (χ1) is 20.0. The number of ether oxygens (including phenoxy) is 1. The highest BCUT2D eigenvalue weighted by Gasteiger charge is 2.49. The monoisotopic (exact) mass is 572 g/mol. The summed E-state index contributed by atoms with van der Waals surface area (Å²) in [7, 11) is 0. The standard InChI is InChI=1S/C32H56N6O3/c1-2-26(32(40)34-19-24-15-18-41-28(24)29(33)39)38-17-14-25-30(35-20-36-31(25)38)37-16-6-9-27(37)23-12-10-22(11-13-23)21-7-4-3-5-8-21/h21-28,30-31,35-36H,2-20H2,1H3,(H2,33,39)(H,34,40). The van der Waals surface area contributed by atoms with Crippen LogP contribution in [0.3, 0.4) is 0 Å². The molecule has 0 bridgehead atoms. The van der Waals surface area contributed by atoms with E-state index in [0.29, 0.717) is 31.3 Å². The number of primary amides is 1. The molecule has 7 atom stereocenters. The lowest BCUT2D eigenvalue weighted by Gasteiger charge is -2.47. The molecule has 5 N–H and O–H groups in total. The molecule has 4 aliphatic heterocycles. The molecule has 0 radical (unpaired) electrons. The number of hydrogen-bond donors (Lipinski definition) is 4. The Hall–Kier alpha value is -1.26. The molecule has 6 aliphatic rings. The van der Waals surface area contributed by atoms with Crippen LogP contribution in [0.15, 0.2) is 0 Å². The second-order valence-electron chi connectivity index (χ2n) is 14.1. The summed E-state index contributed by atoms with van der Waals surface area (Å²) in [5.74, 6) is 2.93. The van der Waals surface area contributed by atoms with Crippen LogP contribution < -0.4 is 21.7 Å². The predicted octanol–water partition coefficient (Wildman–Crippen LogP) is 2.75. The second kappa shape index (κ2) is 13.6. The molecule has 6 fully saturated rings. The zero-order chi connectivity index (χ0) is 28.3. The summed E-state index contributed by atoms with van der Waals surface area (Å²) in [5.41, 5.74) is 5.51. The summed E-state index contributed by atoms with van der Waals surface area (Å²) >= 11 is 0. The molecule has 7 unspecified atom stereocenters. The Morgan fingerprint density at radius 3 is 2.37 bits per heavy atom. The molecule has 4 saturated heterocycles. The summed E-state index contributed by atoms with van der Waals surface area (Å²) in [5, 5.41) is 10.8. The van der Waals surface area contributed by atoms with Crippen LogP contribution in [0.2, 0.25) is 0 Å². The number of nitrogens with two attached hydrogens (primary N) is 1. The molecule has 2 aliphatic carbocycles. The third kappa shape index (κ3) is 6.35. The average molecular weight is 573 g/mol. The fourth-order valence-corrected chi connectivity index (χ4v) is 9.92. The van der Waals surface area contributed by atoms with E-state index in [4.69, 9.17) is 10.5 Å². The quantitative estimate of drug-likeness (QED) is 0.336. The molecule has 4 heterocycles. The van der Waals surface area contributed by atoms with Crippen molar-refractivity contribution in [2.45, 2.75) is 127 Å². The maximum Gasteiger partial charge on any atom is 0.246 e. The van der Waals surface area contributed by atoms with E-state index in [-0.39, 0.29) is 24.0 Å². The van der Waals surface area contributed by atoms with Crippen molar-refractivity contribution in [3.63, 3.8) is 0 Å². The smallest absolute Gasteiger partial charge is 0.246 e. The van der Waals surface area contributed by atoms with Crippen molar-refractivity contribution < 1.29 is 14.3 Å². The molecular weight excluding hydrogens is 516 g/mol. The van der Waals surface area contributed by atoms with E-state index in [9.17, 15) is 9.59 Å². The van der Waals surface area contributed by atoms with Gasteiger partial charge in [-0.1, -0.05) is 39.0 Å². The van der Waals surface area contributed by atoms with E-state index in [1.54, 1.807) is 0 Å². The van der Waals surface area contributed by atoms with Gasteiger partial charge in [-0.2, -0.15) is 0 Å². The lowest BCUT2D eigenvalue weighted by molar-refractivity contribution is -0.131. The number of fused-ring (bicyclic) bond motifs is 1. The van der Waals surface area contributed by atoms with Crippen molar-refractivity contribution in [2.75, 3.05) is 32.9 Å². The maximum absolute atomic E-state index is 13.4. The molecule has 0 aromatic heterocycles. The lowest BCUT2D eigenvalue weighted by Crippen LogP contribution is -2.67. The van der Waals surface area contributed by atoms with Gasteiger partial charge in [0.1, 0.15) is 6.10 Å². The number of rotatable bonds is 9. The van der Waals surface area contributed by atoms with Crippen LogP contribution in [-0.4, -0.2) is 85.0 Å². The number of hydrogen-bond acceptors (Lipinski definition) is 7. The maximum atomic E-state index is 13.4. The van der Waals surface area contributed by atoms with Crippen LogP contribution in [0.1, 0.15) is 96.8 Å². The van der Waals surface area contributed by atoms with Crippen LogP contribution in [0.25, 0.3) is 0 Å². The molecule has 232 valence electrons. The molecule has 41 heavy (non-hydrogen) atoms. The third-order valence-electron chi connectivity index (χ3n) is 12.0. The first-order valence-electron chi connectivity index (χ1n) is 17.2. The number of carbonyl (C=O) groups excluding carboxylic acids is 2. The zero-order valence-corrected chi connectivity index (χ0v) is 25.4. The molecule has 2 saturated carbocycles. The number of nitrogens with one attached hydrogen (secondary N) is 3. The lowest BCUT2D eigenvalue weighted by atomic mass is 9.69. The van der Waals surface area contributed by atoms with Gasteiger partial charge in [0.2, 0.25) is 11.8 Å². The Kier molecular flexibility index (Phi) is 9.87. The Morgan fingerprint density at radius 1 is 0.878 bits per heavy atom. The third-order valence-corrected chi connectivity index (χ3v) is 12.0. The SMILES string of the molecule is CCC(C(=O)NCC1CCOC1C(N)=O)N1CCC2C1NCNC2N1CCCC1C1CCC(C2CCCCC2)CC1. The zero-order valence-electron chi connectivity index (χ0n) is 25.4. The first-order valence-corrected chi connectivity index (χ1v) is 17.2. The van der Waals surface area contributed by atoms with Gasteiger partial charge >= 0.3 is 0 Å². The van der Waals surface area contributed by atoms with Gasteiger partial charge in [-0.3, -0.25) is 30.0 Å². The summed E-state index contributed by atoms with van der Waals surface area (Å²) in [6.45, 7) is 6.02. The molecule has 0 aromatic carbocycles. The van der Waals surface area contributed by atoms with Crippen LogP contribution in [0, 0.1) is 29.6 Å². The minimum absolute atomic E-state index is 0.0356. The van der Waals surface area contributed by atoms with E-state index in [1.165, 1.54) is 77.2 Å². The van der Waals surface area contributed by atoms with Gasteiger partial charge in [-0.05, 0) is 75.5 Å². The molecule has 9 heteroatoms. The van der Waals surface area contributed by atoms with Crippen molar-refractivity contribution in [1.29, 1.82) is 0 Å². The van der Waals surface area contributed by atoms with Gasteiger partial charge < -0.3 is 15.8 Å². The molecular formula is C32H56N6O3. The van der Waals surface area contributed by atoms with Crippen LogP contribution >= 0.6 is 0 Å². The Balaban J connectivity index is 1.05. The number of likely N-dealkylation sites (tertiary alicyclic amines) is 2. The van der Waals surface area contributed by atoms with E-state index in [0.717, 1.165) is 50.2 Å². The number of nitrogens with zero attached hydrogens (tertiary/aromatic N) is 2. The fourth-order valence-electron chi connectivity index (χ4n) is 9.92. The minimum atomic E-state index is -0.589. The second-order valence-corrected chi connectivity index (χ2v) is 14.1. The normalized spacial score (nSPS) is 39.9. The largest absolute Gasteiger partial charge is 0.368 e. The van der Waals surface area contributed by atoms with Gasteiger partial charge in [-0.15, -0.1) is 0 Å². The summed E-state index contributed by atoms with van der Waals surface area (Å²) in [6.07, 6.45) is 18.5. The van der Waals surface area contributed by atoms with Crippen molar-refractivity contribution in [1.82, 2.24) is 25.8 Å². The van der Waals surface area contributed by atoms with Crippen molar-refractivity contribution in [3.05, 3.63) is 0 Å². The van der Waals surface area contributed by atoms with Crippen LogP contribution in [0.5, 0.6) is 0 Å². The number of amides is 2. The highest BCUT2D eigenvalue weighted by atomic mass is 16.5. The molecule has 2 amide bonds. The molecule has 0 aromatic rings. The Labute approximate surface area is 247 Å². The minimum Gasteiger partial charge on any atom is -0.368 e. The van der Waals surface area contributed by atoms with Crippen molar-refractivity contribution in [3.8, 4) is 0 Å². The Morgan fingerprint density at radius 2 is 1.61 bits per heavy atom. The van der Waals surface area contributed by atoms with E-state index >= 15 is 0 Å². The van der Waals surface area contributed by atoms with Crippen molar-refractivity contribution in [2.24, 2.45) is 35.3 Å². The number of carbonyl (C=O) groups is 2. The Bertz CT molecular complexity index is 891. The van der Waals surface area contributed by atoms with E-state index in [1.807, 2.05) is 0 Å². The van der Waals surface area contributed by atoms with Crippen LogP contribution in [0.4, 0.5) is 0 Å².